The van der Waals surface area contributed by atoms with E-state index in [1.54, 1.807) is 24.3 Å². The van der Waals surface area contributed by atoms with E-state index in [2.05, 4.69) is 4.98 Å². The van der Waals surface area contributed by atoms with Gasteiger partial charge in [0.2, 0.25) is 0 Å². The average Bonchev–Trinajstić information content (AvgIpc) is 2.74. The second-order valence-electron chi connectivity index (χ2n) is 3.90. The number of carboxylic acid groups (broad SMARTS) is 1. The van der Waals surface area contributed by atoms with E-state index in [-0.39, 0.29) is 10.6 Å². The van der Waals surface area contributed by atoms with Crippen molar-refractivity contribution < 1.29 is 15.0 Å². The van der Waals surface area contributed by atoms with Gasteiger partial charge in [-0.05, 0) is 18.6 Å². The molecule has 0 aliphatic rings. The molecule has 1 heterocycles. The second kappa shape index (κ2) is 5.18. The Morgan fingerprint density at radius 1 is 1.44 bits per heavy atom. The molecule has 4 nitrogen and oxygen atoms in total. The van der Waals surface area contributed by atoms with Crippen LogP contribution in [0.5, 0.6) is 5.75 Å². The molecule has 0 spiro atoms. The zero-order valence-electron chi connectivity index (χ0n) is 9.88. The highest BCUT2D eigenvalue weighted by Gasteiger charge is 2.17. The number of carbonyl (C=O) groups is 1. The monoisotopic (exact) mass is 263 g/mol. The largest absolute Gasteiger partial charge is 0.508 e. The Kier molecular flexibility index (Phi) is 3.62. The molecule has 18 heavy (non-hydrogen) atoms. The minimum absolute atomic E-state index is 0.150. The summed E-state index contributed by atoms with van der Waals surface area (Å²) in [7, 11) is 0. The van der Waals surface area contributed by atoms with Gasteiger partial charge in [-0.1, -0.05) is 25.5 Å². The van der Waals surface area contributed by atoms with Crippen LogP contribution in [-0.2, 0) is 6.42 Å². The minimum Gasteiger partial charge on any atom is -0.508 e. The molecule has 0 aliphatic carbocycles. The number of aromatic hydroxyl groups is 1. The quantitative estimate of drug-likeness (QED) is 0.888. The second-order valence-corrected chi connectivity index (χ2v) is 4.90. The van der Waals surface area contributed by atoms with Crippen molar-refractivity contribution in [1.29, 1.82) is 0 Å². The van der Waals surface area contributed by atoms with Crippen molar-refractivity contribution >= 4 is 17.3 Å². The summed E-state index contributed by atoms with van der Waals surface area (Å²) in [5.41, 5.74) is 1.36. The minimum atomic E-state index is -0.942. The summed E-state index contributed by atoms with van der Waals surface area (Å²) in [4.78, 5) is 15.8. The fraction of sp³-hybridized carbons (Fsp3) is 0.231. The normalized spacial score (nSPS) is 10.5. The number of thiazole rings is 1. The van der Waals surface area contributed by atoms with Gasteiger partial charge in [-0.25, -0.2) is 9.78 Å². The topological polar surface area (TPSA) is 70.4 Å². The summed E-state index contributed by atoms with van der Waals surface area (Å²) in [5.74, 6) is -0.793. The average molecular weight is 263 g/mol. The first-order chi connectivity index (χ1) is 8.61. The fourth-order valence-corrected chi connectivity index (χ4v) is 2.63. The number of aromatic nitrogens is 1. The van der Waals surface area contributed by atoms with Gasteiger partial charge in [0.25, 0.3) is 0 Å². The van der Waals surface area contributed by atoms with Gasteiger partial charge in [-0.2, -0.15) is 0 Å². The first-order valence-corrected chi connectivity index (χ1v) is 6.46. The number of nitrogens with zero attached hydrogens (tertiary/aromatic N) is 1. The van der Waals surface area contributed by atoms with Gasteiger partial charge in [0.1, 0.15) is 15.6 Å². The number of phenolic OH excluding ortho intramolecular Hbond substituents is 1. The van der Waals surface area contributed by atoms with Crippen molar-refractivity contribution in [2.75, 3.05) is 0 Å². The number of phenols is 1. The van der Waals surface area contributed by atoms with Crippen LogP contribution < -0.4 is 0 Å². The van der Waals surface area contributed by atoms with Crippen LogP contribution in [0.3, 0.4) is 0 Å². The van der Waals surface area contributed by atoms with Gasteiger partial charge >= 0.3 is 5.97 Å². The molecule has 2 aromatic rings. The number of rotatable bonds is 4. The summed E-state index contributed by atoms with van der Waals surface area (Å²) in [5, 5.41) is 19.2. The van der Waals surface area contributed by atoms with Crippen LogP contribution in [0.4, 0.5) is 0 Å². The maximum atomic E-state index is 11.1. The molecule has 0 aliphatic heterocycles. The van der Waals surface area contributed by atoms with Gasteiger partial charge in [0.05, 0.1) is 5.69 Å². The van der Waals surface area contributed by atoms with E-state index in [0.717, 1.165) is 23.3 Å². The zero-order chi connectivity index (χ0) is 13.1. The molecule has 5 heteroatoms. The Balaban J connectivity index is 2.46. The van der Waals surface area contributed by atoms with Gasteiger partial charge in [-0.15, -0.1) is 11.3 Å². The molecule has 0 saturated heterocycles. The smallest absolute Gasteiger partial charge is 0.347 e. The van der Waals surface area contributed by atoms with Crippen LogP contribution in [0.15, 0.2) is 24.3 Å². The molecule has 0 atom stereocenters. The summed E-state index contributed by atoms with van der Waals surface area (Å²) >= 11 is 1.15. The number of hydrogen-bond acceptors (Lipinski definition) is 4. The third kappa shape index (κ3) is 2.51. The van der Waals surface area contributed by atoms with E-state index in [9.17, 15) is 9.90 Å². The number of aryl methyl sites for hydroxylation is 1. The van der Waals surface area contributed by atoms with Gasteiger partial charge < -0.3 is 10.2 Å². The third-order valence-corrected chi connectivity index (χ3v) is 3.61. The molecule has 2 rings (SSSR count). The predicted octanol–water partition coefficient (Wildman–Crippen LogP) is 3.17. The van der Waals surface area contributed by atoms with E-state index in [1.165, 1.54) is 0 Å². The van der Waals surface area contributed by atoms with Gasteiger partial charge in [0.15, 0.2) is 0 Å². The first-order valence-electron chi connectivity index (χ1n) is 5.64. The fourth-order valence-electron chi connectivity index (χ4n) is 1.69. The highest BCUT2D eigenvalue weighted by Crippen LogP contribution is 2.30. The third-order valence-electron chi connectivity index (χ3n) is 2.47. The molecule has 0 bridgehead atoms. The molecule has 1 aromatic carbocycles. The van der Waals surface area contributed by atoms with E-state index >= 15 is 0 Å². The molecule has 2 N–H and O–H groups in total. The first kappa shape index (κ1) is 12.6. The SMILES string of the molecule is CCCc1nc(-c2cccc(O)c2)sc1C(=O)O. The molecule has 94 valence electrons. The summed E-state index contributed by atoms with van der Waals surface area (Å²) in [6.07, 6.45) is 1.50. The lowest BCUT2D eigenvalue weighted by Crippen LogP contribution is -1.98. The Bertz CT molecular complexity index is 577. The standard InChI is InChI=1S/C13H13NO3S/c1-2-4-10-11(13(16)17)18-12(14-10)8-5-3-6-9(15)7-8/h3,5-7,15H,2,4H2,1H3,(H,16,17). The van der Waals surface area contributed by atoms with Crippen molar-refractivity contribution in [2.45, 2.75) is 19.8 Å². The van der Waals surface area contributed by atoms with E-state index in [4.69, 9.17) is 5.11 Å². The Morgan fingerprint density at radius 2 is 2.22 bits per heavy atom. The summed E-state index contributed by atoms with van der Waals surface area (Å²) in [6, 6.07) is 6.67. The number of benzene rings is 1. The molecular formula is C13H13NO3S. The molecule has 0 amide bonds. The Morgan fingerprint density at radius 3 is 2.83 bits per heavy atom. The van der Waals surface area contributed by atoms with Crippen molar-refractivity contribution in [2.24, 2.45) is 0 Å². The highest BCUT2D eigenvalue weighted by atomic mass is 32.1. The number of aromatic carboxylic acids is 1. The Labute approximate surface area is 109 Å². The molecular weight excluding hydrogens is 250 g/mol. The molecule has 0 fully saturated rings. The molecule has 0 saturated carbocycles. The number of carboxylic acids is 1. The van der Waals surface area contributed by atoms with Crippen LogP contribution in [0.2, 0.25) is 0 Å². The summed E-state index contributed by atoms with van der Waals surface area (Å²) < 4.78 is 0. The molecule has 0 radical (unpaired) electrons. The molecule has 1 aromatic heterocycles. The van der Waals surface area contributed by atoms with E-state index in [1.807, 2.05) is 6.92 Å². The van der Waals surface area contributed by atoms with E-state index < -0.39 is 5.97 Å². The van der Waals surface area contributed by atoms with Gasteiger partial charge in [-0.3, -0.25) is 0 Å². The van der Waals surface area contributed by atoms with Gasteiger partial charge in [0, 0.05) is 5.56 Å². The molecule has 0 unspecified atom stereocenters. The summed E-state index contributed by atoms with van der Waals surface area (Å²) in [6.45, 7) is 1.99. The lowest BCUT2D eigenvalue weighted by Gasteiger charge is -1.96. The van der Waals surface area contributed by atoms with Crippen molar-refractivity contribution in [3.8, 4) is 16.3 Å². The van der Waals surface area contributed by atoms with Crippen LogP contribution in [-0.4, -0.2) is 21.2 Å². The lowest BCUT2D eigenvalue weighted by atomic mass is 10.2. The van der Waals surface area contributed by atoms with Crippen LogP contribution in [0.25, 0.3) is 10.6 Å². The lowest BCUT2D eigenvalue weighted by molar-refractivity contribution is 0.0700. The maximum absolute atomic E-state index is 11.1. The maximum Gasteiger partial charge on any atom is 0.347 e. The number of hydrogen-bond donors (Lipinski definition) is 2. The zero-order valence-corrected chi connectivity index (χ0v) is 10.7. The van der Waals surface area contributed by atoms with Crippen molar-refractivity contribution in [3.05, 3.63) is 34.8 Å². The predicted molar refractivity (Wildman–Crippen MR) is 70.2 cm³/mol. The highest BCUT2D eigenvalue weighted by molar-refractivity contribution is 7.17. The van der Waals surface area contributed by atoms with Crippen LogP contribution >= 0.6 is 11.3 Å². The van der Waals surface area contributed by atoms with Crippen LogP contribution in [0.1, 0.15) is 28.7 Å². The van der Waals surface area contributed by atoms with Crippen molar-refractivity contribution in [1.82, 2.24) is 4.98 Å². The Hall–Kier alpha value is -1.88. The van der Waals surface area contributed by atoms with E-state index in [0.29, 0.717) is 17.1 Å². The van der Waals surface area contributed by atoms with Crippen LogP contribution in [0, 0.1) is 0 Å². The van der Waals surface area contributed by atoms with Crippen molar-refractivity contribution in [3.63, 3.8) is 0 Å².